The molecule has 4 aromatic rings. The monoisotopic (exact) mass is 830 g/mol. The molecule has 0 radical (unpaired) electrons. The van der Waals surface area contributed by atoms with Crippen LogP contribution >= 0.6 is 0 Å². The minimum atomic E-state index is -4.12. The molecule has 12 nitrogen and oxygen atoms in total. The fourth-order valence-corrected chi connectivity index (χ4v) is 8.56. The predicted molar refractivity (Wildman–Crippen MR) is 225 cm³/mol. The van der Waals surface area contributed by atoms with Crippen molar-refractivity contribution in [3.8, 4) is 5.75 Å². The second kappa shape index (κ2) is 21.7. The summed E-state index contributed by atoms with van der Waals surface area (Å²) < 4.78 is 68.1. The number of amides is 1. The quantitative estimate of drug-likeness (QED) is 0.0656. The molecule has 1 saturated heterocycles. The Balaban J connectivity index is 1.28. The van der Waals surface area contributed by atoms with E-state index in [-0.39, 0.29) is 49.6 Å². The second-order valence-corrected chi connectivity index (χ2v) is 17.0. The standard InChI is InChI=1S/C46H58N2O10S/c1-34-11-18-41(19-12-34)59(50,51)58-33-40-26-48(46(49)57-31-36-9-6-5-7-10-36)27-44(45(40)39-16-13-37(14-17-39)30-54-29-35(2)28-53-4)56-32-38-15-20-43-42(25-38)47(22-24-55-43)21-8-23-52-3/h5-7,9-20,25,35,40,44-45H,8,21-24,26-33H2,1-4H3/t35?,40-,44-,45-/m0/s1. The molecule has 2 heterocycles. The molecular formula is C46H58N2O10S. The lowest BCUT2D eigenvalue weighted by atomic mass is 9.78. The lowest BCUT2D eigenvalue weighted by Crippen LogP contribution is -2.52. The summed E-state index contributed by atoms with van der Waals surface area (Å²) in [5.74, 6) is 0.262. The van der Waals surface area contributed by atoms with Gasteiger partial charge in [0.05, 0.1) is 62.8 Å². The average Bonchev–Trinajstić information content (AvgIpc) is 3.25. The summed E-state index contributed by atoms with van der Waals surface area (Å²) in [4.78, 5) is 17.8. The van der Waals surface area contributed by atoms with E-state index in [1.54, 1.807) is 43.4 Å². The Kier molecular flexibility index (Phi) is 16.2. The summed E-state index contributed by atoms with van der Waals surface area (Å²) in [6, 6.07) is 30.3. The van der Waals surface area contributed by atoms with Crippen molar-refractivity contribution in [3.05, 3.63) is 125 Å². The van der Waals surface area contributed by atoms with Gasteiger partial charge in [-0.1, -0.05) is 85.3 Å². The fraction of sp³-hybridized carbons (Fsp3) is 0.457. The number of carbonyl (C=O) groups is 1. The van der Waals surface area contributed by atoms with Crippen molar-refractivity contribution in [2.24, 2.45) is 11.8 Å². The first-order chi connectivity index (χ1) is 28.6. The van der Waals surface area contributed by atoms with Gasteiger partial charge in [-0.15, -0.1) is 0 Å². The van der Waals surface area contributed by atoms with E-state index in [2.05, 4.69) is 17.9 Å². The van der Waals surface area contributed by atoms with E-state index in [9.17, 15) is 13.2 Å². The largest absolute Gasteiger partial charge is 0.490 e. The Morgan fingerprint density at radius 3 is 2.34 bits per heavy atom. The molecule has 13 heteroatoms. The molecule has 0 aliphatic carbocycles. The van der Waals surface area contributed by atoms with Crippen molar-refractivity contribution in [2.75, 3.05) is 78.3 Å². The first-order valence-corrected chi connectivity index (χ1v) is 21.7. The summed E-state index contributed by atoms with van der Waals surface area (Å²) in [6.07, 6.45) is -0.177. The maximum absolute atomic E-state index is 13.8. The zero-order valence-corrected chi connectivity index (χ0v) is 35.4. The van der Waals surface area contributed by atoms with Crippen LogP contribution in [0.3, 0.4) is 0 Å². The van der Waals surface area contributed by atoms with Crippen LogP contribution in [0.5, 0.6) is 5.75 Å². The molecule has 59 heavy (non-hydrogen) atoms. The number of hydrogen-bond acceptors (Lipinski definition) is 11. The molecule has 0 saturated carbocycles. The molecule has 0 N–H and O–H groups in total. The predicted octanol–water partition coefficient (Wildman–Crippen LogP) is 7.37. The number of methoxy groups -OCH3 is 2. The zero-order chi connectivity index (χ0) is 41.6. The van der Waals surface area contributed by atoms with Gasteiger partial charge in [-0.3, -0.25) is 4.18 Å². The van der Waals surface area contributed by atoms with Gasteiger partial charge in [-0.25, -0.2) is 4.79 Å². The molecule has 318 valence electrons. The highest BCUT2D eigenvalue weighted by Crippen LogP contribution is 2.38. The lowest BCUT2D eigenvalue weighted by Gasteiger charge is -2.43. The molecule has 2 aliphatic rings. The third-order valence-electron chi connectivity index (χ3n) is 10.7. The SMILES string of the molecule is COCCCN1CCOc2ccc(CO[C@H]3CN(C(=O)OCc4ccccc4)C[C@@H](COS(=O)(=O)c4ccc(C)cc4)[C@@H]3c3ccc(COCC(C)COC)cc3)cc21. The minimum absolute atomic E-state index is 0.0687. The Morgan fingerprint density at radius 1 is 0.847 bits per heavy atom. The van der Waals surface area contributed by atoms with E-state index in [0.717, 1.165) is 58.8 Å². The number of piperidine rings is 1. The summed E-state index contributed by atoms with van der Waals surface area (Å²) >= 11 is 0. The third kappa shape index (κ3) is 12.5. The number of nitrogens with zero attached hydrogens (tertiary/aromatic N) is 2. The second-order valence-electron chi connectivity index (χ2n) is 15.4. The van der Waals surface area contributed by atoms with Gasteiger partial charge < -0.3 is 38.2 Å². The van der Waals surface area contributed by atoms with E-state index in [0.29, 0.717) is 33.0 Å². The number of benzene rings is 4. The van der Waals surface area contributed by atoms with Gasteiger partial charge in [0.15, 0.2) is 0 Å². The van der Waals surface area contributed by atoms with Crippen molar-refractivity contribution in [3.63, 3.8) is 0 Å². The van der Waals surface area contributed by atoms with Gasteiger partial charge in [0, 0.05) is 51.7 Å². The lowest BCUT2D eigenvalue weighted by molar-refractivity contribution is -0.0500. The van der Waals surface area contributed by atoms with Crippen LogP contribution in [0.15, 0.2) is 102 Å². The number of hydrogen-bond donors (Lipinski definition) is 0. The summed E-state index contributed by atoms with van der Waals surface area (Å²) in [7, 11) is -0.725. The van der Waals surface area contributed by atoms with Crippen molar-refractivity contribution >= 4 is 21.9 Å². The molecule has 4 aromatic carbocycles. The van der Waals surface area contributed by atoms with Crippen molar-refractivity contribution in [1.29, 1.82) is 0 Å². The number of fused-ring (bicyclic) bond motifs is 1. The minimum Gasteiger partial charge on any atom is -0.490 e. The molecule has 1 unspecified atom stereocenters. The maximum Gasteiger partial charge on any atom is 0.410 e. The van der Waals surface area contributed by atoms with E-state index in [4.69, 9.17) is 32.6 Å². The summed E-state index contributed by atoms with van der Waals surface area (Å²) in [5, 5.41) is 0. The van der Waals surface area contributed by atoms with Gasteiger partial charge in [0.25, 0.3) is 10.1 Å². The zero-order valence-electron chi connectivity index (χ0n) is 34.6. The van der Waals surface area contributed by atoms with Crippen LogP contribution in [-0.2, 0) is 57.8 Å². The number of aryl methyl sites for hydroxylation is 1. The molecule has 0 aromatic heterocycles. The van der Waals surface area contributed by atoms with Crippen LogP contribution in [-0.4, -0.2) is 98.9 Å². The highest BCUT2D eigenvalue weighted by Gasteiger charge is 2.42. The Bertz CT molecular complexity index is 2010. The van der Waals surface area contributed by atoms with Crippen molar-refractivity contribution < 1.29 is 45.8 Å². The number of anilines is 1. The Morgan fingerprint density at radius 2 is 1.59 bits per heavy atom. The van der Waals surface area contributed by atoms with Crippen molar-refractivity contribution in [2.45, 2.75) is 57.0 Å². The van der Waals surface area contributed by atoms with Gasteiger partial charge in [0.1, 0.15) is 19.0 Å². The maximum atomic E-state index is 13.8. The molecule has 4 atom stereocenters. The van der Waals surface area contributed by atoms with Crippen LogP contribution in [0, 0.1) is 18.8 Å². The van der Waals surface area contributed by atoms with Crippen molar-refractivity contribution in [1.82, 2.24) is 4.90 Å². The van der Waals surface area contributed by atoms with Gasteiger partial charge >= 0.3 is 6.09 Å². The third-order valence-corrected chi connectivity index (χ3v) is 12.0. The van der Waals surface area contributed by atoms with Crippen LogP contribution in [0.1, 0.15) is 47.1 Å². The highest BCUT2D eigenvalue weighted by molar-refractivity contribution is 7.86. The van der Waals surface area contributed by atoms with Crippen LogP contribution in [0.25, 0.3) is 0 Å². The number of carbonyl (C=O) groups excluding carboxylic acids is 1. The summed E-state index contributed by atoms with van der Waals surface area (Å²) in [6.45, 7) is 9.05. The molecule has 1 fully saturated rings. The fourth-order valence-electron chi connectivity index (χ4n) is 7.60. The Labute approximate surface area is 349 Å². The number of rotatable bonds is 20. The molecular weight excluding hydrogens is 773 g/mol. The first kappa shape index (κ1) is 44.1. The van der Waals surface area contributed by atoms with E-state index in [1.807, 2.05) is 73.7 Å². The summed E-state index contributed by atoms with van der Waals surface area (Å²) in [5.41, 5.74) is 5.68. The molecule has 0 bridgehead atoms. The van der Waals surface area contributed by atoms with Gasteiger partial charge in [-0.2, -0.15) is 8.42 Å². The molecule has 6 rings (SSSR count). The normalized spacial score (nSPS) is 18.5. The number of ether oxygens (including phenoxy) is 6. The first-order valence-electron chi connectivity index (χ1n) is 20.3. The van der Waals surface area contributed by atoms with Crippen LogP contribution < -0.4 is 9.64 Å². The van der Waals surface area contributed by atoms with E-state index in [1.165, 1.54) is 0 Å². The Hall–Kier alpha value is -4.50. The topological polar surface area (TPSA) is 122 Å². The molecule has 0 spiro atoms. The van der Waals surface area contributed by atoms with Gasteiger partial charge in [-0.05, 0) is 59.9 Å². The highest BCUT2D eigenvalue weighted by atomic mass is 32.2. The smallest absolute Gasteiger partial charge is 0.410 e. The van der Waals surface area contributed by atoms with E-state index >= 15 is 0 Å². The molecule has 2 aliphatic heterocycles. The van der Waals surface area contributed by atoms with E-state index < -0.39 is 28.2 Å². The van der Waals surface area contributed by atoms with Crippen LogP contribution in [0.4, 0.5) is 10.5 Å². The molecule has 1 amide bonds. The van der Waals surface area contributed by atoms with Gasteiger partial charge in [0.2, 0.25) is 0 Å². The number of likely N-dealkylation sites (tertiary alicyclic amines) is 1. The van der Waals surface area contributed by atoms with Crippen LogP contribution in [0.2, 0.25) is 0 Å². The average molecular weight is 831 g/mol.